The highest BCUT2D eigenvalue weighted by atomic mass is 16.4. The van der Waals surface area contributed by atoms with Gasteiger partial charge in [-0.2, -0.15) is 0 Å². The molecule has 1 atom stereocenters. The van der Waals surface area contributed by atoms with Gasteiger partial charge in [-0.3, -0.25) is 0 Å². The van der Waals surface area contributed by atoms with Crippen LogP contribution in [0.15, 0.2) is 42.5 Å². The monoisotopic (exact) mass is 281 g/mol. The Morgan fingerprint density at radius 2 is 2.05 bits per heavy atom. The van der Waals surface area contributed by atoms with Gasteiger partial charge < -0.3 is 10.0 Å². The zero-order valence-corrected chi connectivity index (χ0v) is 12.3. The number of para-hydroxylation sites is 1. The molecule has 3 rings (SSSR count). The van der Waals surface area contributed by atoms with Gasteiger partial charge in [-0.15, -0.1) is 0 Å². The van der Waals surface area contributed by atoms with Crippen LogP contribution in [-0.4, -0.2) is 17.1 Å². The van der Waals surface area contributed by atoms with Gasteiger partial charge in [-0.25, -0.2) is 4.79 Å². The molecule has 0 spiro atoms. The van der Waals surface area contributed by atoms with Crippen LogP contribution in [0.5, 0.6) is 0 Å². The van der Waals surface area contributed by atoms with E-state index in [0.717, 1.165) is 18.5 Å². The van der Waals surface area contributed by atoms with Gasteiger partial charge in [0, 0.05) is 18.3 Å². The van der Waals surface area contributed by atoms with Gasteiger partial charge in [0.2, 0.25) is 0 Å². The molecule has 0 fully saturated rings. The number of carbonyl (C=O) groups is 1. The Labute approximate surface area is 124 Å². The molecule has 2 aromatic rings. The number of anilines is 1. The van der Waals surface area contributed by atoms with Crippen LogP contribution in [-0.2, 0) is 13.0 Å². The van der Waals surface area contributed by atoms with Crippen molar-refractivity contribution in [1.82, 2.24) is 0 Å². The van der Waals surface area contributed by atoms with E-state index in [1.807, 2.05) is 13.0 Å². The molecule has 2 aromatic carbocycles. The minimum Gasteiger partial charge on any atom is -0.478 e. The summed E-state index contributed by atoms with van der Waals surface area (Å²) in [4.78, 5) is 13.4. The molecule has 0 saturated heterocycles. The van der Waals surface area contributed by atoms with Crippen LogP contribution < -0.4 is 4.90 Å². The second kappa shape index (κ2) is 5.24. The van der Waals surface area contributed by atoms with E-state index in [1.165, 1.54) is 16.8 Å². The third-order valence-electron chi connectivity index (χ3n) is 4.28. The molecular formula is C18H19NO2. The average molecular weight is 281 g/mol. The number of benzene rings is 2. The molecular weight excluding hydrogens is 262 g/mol. The summed E-state index contributed by atoms with van der Waals surface area (Å²) in [5.41, 5.74) is 5.26. The topological polar surface area (TPSA) is 40.5 Å². The van der Waals surface area contributed by atoms with Gasteiger partial charge in [0.25, 0.3) is 0 Å². The second-order valence-electron chi connectivity index (χ2n) is 5.76. The molecule has 21 heavy (non-hydrogen) atoms. The van der Waals surface area contributed by atoms with Crippen molar-refractivity contribution in [3.63, 3.8) is 0 Å². The highest BCUT2D eigenvalue weighted by Crippen LogP contribution is 2.33. The largest absolute Gasteiger partial charge is 0.478 e. The molecule has 0 radical (unpaired) electrons. The molecule has 0 aliphatic carbocycles. The number of rotatable bonds is 3. The minimum absolute atomic E-state index is 0.353. The molecule has 3 nitrogen and oxygen atoms in total. The summed E-state index contributed by atoms with van der Waals surface area (Å²) in [6.07, 6.45) is 1.07. The SMILES string of the molecule is Cc1cc(C(=O)O)ccc1CN1c2ccccc2CC1C. The van der Waals surface area contributed by atoms with Gasteiger partial charge in [0.1, 0.15) is 0 Å². The van der Waals surface area contributed by atoms with E-state index in [0.29, 0.717) is 11.6 Å². The van der Waals surface area contributed by atoms with Crippen molar-refractivity contribution < 1.29 is 9.90 Å². The number of hydrogen-bond donors (Lipinski definition) is 1. The van der Waals surface area contributed by atoms with Crippen LogP contribution in [0.1, 0.15) is 34.0 Å². The molecule has 1 aliphatic heterocycles. The molecule has 3 heteroatoms. The first kappa shape index (κ1) is 13.7. The molecule has 1 N–H and O–H groups in total. The second-order valence-corrected chi connectivity index (χ2v) is 5.76. The van der Waals surface area contributed by atoms with Crippen LogP contribution in [0, 0.1) is 6.92 Å². The third-order valence-corrected chi connectivity index (χ3v) is 4.28. The number of hydrogen-bond acceptors (Lipinski definition) is 2. The fourth-order valence-electron chi connectivity index (χ4n) is 3.06. The predicted octanol–water partition coefficient (Wildman–Crippen LogP) is 3.64. The summed E-state index contributed by atoms with van der Waals surface area (Å²) < 4.78 is 0. The lowest BCUT2D eigenvalue weighted by atomic mass is 10.0. The van der Waals surface area contributed by atoms with Crippen molar-refractivity contribution in [1.29, 1.82) is 0 Å². The number of aryl methyl sites for hydroxylation is 1. The van der Waals surface area contributed by atoms with E-state index in [9.17, 15) is 4.79 Å². The molecule has 1 heterocycles. The standard InChI is InChI=1S/C18H19NO2/c1-12-9-15(18(20)21)7-8-16(12)11-19-13(2)10-14-5-3-4-6-17(14)19/h3-9,13H,10-11H2,1-2H3,(H,20,21). The number of nitrogens with zero attached hydrogens (tertiary/aromatic N) is 1. The summed E-state index contributed by atoms with van der Waals surface area (Å²) in [5.74, 6) is -0.871. The quantitative estimate of drug-likeness (QED) is 0.933. The Bertz CT molecular complexity index is 693. The smallest absolute Gasteiger partial charge is 0.335 e. The molecule has 1 unspecified atom stereocenters. The Morgan fingerprint density at radius 1 is 1.29 bits per heavy atom. The van der Waals surface area contributed by atoms with Crippen LogP contribution in [0.3, 0.4) is 0 Å². The summed E-state index contributed by atoms with van der Waals surface area (Å²) in [6.45, 7) is 5.04. The van der Waals surface area contributed by atoms with Crippen molar-refractivity contribution in [2.75, 3.05) is 4.90 Å². The maximum absolute atomic E-state index is 11.0. The van der Waals surface area contributed by atoms with Crippen LogP contribution >= 0.6 is 0 Å². The van der Waals surface area contributed by atoms with Gasteiger partial charge in [0.15, 0.2) is 0 Å². The van der Waals surface area contributed by atoms with Crippen molar-refractivity contribution >= 4 is 11.7 Å². The summed E-state index contributed by atoms with van der Waals surface area (Å²) in [5, 5.41) is 9.05. The molecule has 0 amide bonds. The first-order valence-electron chi connectivity index (χ1n) is 7.23. The average Bonchev–Trinajstić information content (AvgIpc) is 2.77. The zero-order valence-electron chi connectivity index (χ0n) is 12.3. The molecule has 0 bridgehead atoms. The van der Waals surface area contributed by atoms with Crippen LogP contribution in [0.2, 0.25) is 0 Å². The number of carboxylic acid groups (broad SMARTS) is 1. The highest BCUT2D eigenvalue weighted by Gasteiger charge is 2.25. The summed E-state index contributed by atoms with van der Waals surface area (Å²) >= 11 is 0. The van der Waals surface area contributed by atoms with Gasteiger partial charge >= 0.3 is 5.97 Å². The van der Waals surface area contributed by atoms with Crippen LogP contribution in [0.4, 0.5) is 5.69 Å². The first-order chi connectivity index (χ1) is 10.1. The number of carboxylic acids is 1. The predicted molar refractivity (Wildman–Crippen MR) is 83.9 cm³/mol. The minimum atomic E-state index is -0.871. The fourth-order valence-corrected chi connectivity index (χ4v) is 3.06. The lowest BCUT2D eigenvalue weighted by molar-refractivity contribution is 0.0697. The molecule has 108 valence electrons. The third kappa shape index (κ3) is 2.51. The maximum Gasteiger partial charge on any atom is 0.335 e. The molecule has 0 saturated carbocycles. The normalized spacial score (nSPS) is 16.9. The van der Waals surface area contributed by atoms with E-state index in [4.69, 9.17) is 5.11 Å². The van der Waals surface area contributed by atoms with E-state index in [1.54, 1.807) is 12.1 Å². The Hall–Kier alpha value is -2.29. The molecule has 0 aromatic heterocycles. The Morgan fingerprint density at radius 3 is 2.76 bits per heavy atom. The van der Waals surface area contributed by atoms with Gasteiger partial charge in [-0.1, -0.05) is 24.3 Å². The highest BCUT2D eigenvalue weighted by molar-refractivity contribution is 5.87. The number of fused-ring (bicyclic) bond motifs is 1. The fraction of sp³-hybridized carbons (Fsp3) is 0.278. The number of aromatic carboxylic acids is 1. The first-order valence-corrected chi connectivity index (χ1v) is 7.23. The zero-order chi connectivity index (χ0) is 15.0. The summed E-state index contributed by atoms with van der Waals surface area (Å²) in [7, 11) is 0. The van der Waals surface area contributed by atoms with Gasteiger partial charge in [0.05, 0.1) is 5.56 Å². The van der Waals surface area contributed by atoms with E-state index < -0.39 is 5.97 Å². The van der Waals surface area contributed by atoms with Crippen molar-refractivity contribution in [3.8, 4) is 0 Å². The summed E-state index contributed by atoms with van der Waals surface area (Å²) in [6, 6.07) is 14.4. The van der Waals surface area contributed by atoms with E-state index in [2.05, 4.69) is 36.1 Å². The maximum atomic E-state index is 11.0. The van der Waals surface area contributed by atoms with Crippen molar-refractivity contribution in [3.05, 3.63) is 64.7 Å². The Balaban J connectivity index is 1.89. The van der Waals surface area contributed by atoms with Crippen molar-refractivity contribution in [2.45, 2.75) is 32.9 Å². The van der Waals surface area contributed by atoms with Crippen LogP contribution in [0.25, 0.3) is 0 Å². The van der Waals surface area contributed by atoms with Gasteiger partial charge in [-0.05, 0) is 55.2 Å². The van der Waals surface area contributed by atoms with E-state index in [-0.39, 0.29) is 0 Å². The van der Waals surface area contributed by atoms with Crippen molar-refractivity contribution in [2.24, 2.45) is 0 Å². The van der Waals surface area contributed by atoms with E-state index >= 15 is 0 Å². The lowest BCUT2D eigenvalue weighted by Gasteiger charge is -2.26. The Kier molecular flexibility index (Phi) is 3.42. The molecule has 1 aliphatic rings. The lowest BCUT2D eigenvalue weighted by Crippen LogP contribution is -2.28.